The maximum Gasteiger partial charge on any atom is 0.0839 e. The number of halogens is 2. The fraction of sp³-hybridized carbons (Fsp3) is 1.00. The van der Waals surface area contributed by atoms with Gasteiger partial charge in [-0.2, -0.15) is 0 Å². The van der Waals surface area contributed by atoms with Crippen molar-refractivity contribution in [3.05, 3.63) is 0 Å². The Bertz CT molecular complexity index is 212. The summed E-state index contributed by atoms with van der Waals surface area (Å²) in [5, 5.41) is 0. The molecule has 0 radical (unpaired) electrons. The van der Waals surface area contributed by atoms with E-state index in [9.17, 15) is 0 Å². The van der Waals surface area contributed by atoms with Gasteiger partial charge >= 0.3 is 0 Å². The molecule has 3 aliphatic rings. The van der Waals surface area contributed by atoms with E-state index < -0.39 is 0 Å². The molecule has 4 unspecified atom stereocenters. The van der Waals surface area contributed by atoms with Gasteiger partial charge in [-0.05, 0) is 49.4 Å². The molecule has 0 saturated heterocycles. The molecular formula is C10H14Br2. The minimum absolute atomic E-state index is 0.330. The highest BCUT2D eigenvalue weighted by atomic mass is 79.9. The monoisotopic (exact) mass is 292 g/mol. The van der Waals surface area contributed by atoms with Crippen LogP contribution in [0, 0.1) is 23.7 Å². The maximum atomic E-state index is 3.85. The normalized spacial score (nSPS) is 54.5. The van der Waals surface area contributed by atoms with Gasteiger partial charge in [0.05, 0.1) is 3.23 Å². The molecule has 0 aliphatic heterocycles. The lowest BCUT2D eigenvalue weighted by atomic mass is 9.82. The molecule has 12 heavy (non-hydrogen) atoms. The van der Waals surface area contributed by atoms with Crippen LogP contribution in [0.1, 0.15) is 32.1 Å². The van der Waals surface area contributed by atoms with Gasteiger partial charge in [-0.3, -0.25) is 0 Å². The van der Waals surface area contributed by atoms with Gasteiger partial charge in [0.1, 0.15) is 0 Å². The first-order valence-electron chi connectivity index (χ1n) is 5.06. The zero-order valence-electron chi connectivity index (χ0n) is 7.10. The maximum absolute atomic E-state index is 3.85. The third-order valence-electron chi connectivity index (χ3n) is 4.38. The van der Waals surface area contributed by atoms with Crippen LogP contribution >= 0.6 is 31.9 Å². The molecule has 2 heteroatoms. The molecule has 0 aromatic carbocycles. The molecule has 0 nitrogen and oxygen atoms in total. The third kappa shape index (κ3) is 0.943. The molecule has 0 aromatic rings. The predicted octanol–water partition coefficient (Wildman–Crippen LogP) is 3.93. The van der Waals surface area contributed by atoms with Gasteiger partial charge in [0, 0.05) is 0 Å². The van der Waals surface area contributed by atoms with Crippen molar-refractivity contribution < 1.29 is 0 Å². The average molecular weight is 294 g/mol. The summed E-state index contributed by atoms with van der Waals surface area (Å²) < 4.78 is 0.330. The quantitative estimate of drug-likeness (QED) is 0.594. The number of hydrogen-bond acceptors (Lipinski definition) is 0. The second-order valence-corrected chi connectivity index (χ2v) is 8.72. The molecule has 3 rings (SSSR count). The van der Waals surface area contributed by atoms with Crippen LogP contribution in [0.4, 0.5) is 0 Å². The molecule has 3 aliphatic carbocycles. The van der Waals surface area contributed by atoms with Crippen molar-refractivity contribution in [2.75, 3.05) is 0 Å². The molecule has 2 bridgehead atoms. The lowest BCUT2D eigenvalue weighted by Crippen LogP contribution is -2.30. The van der Waals surface area contributed by atoms with E-state index in [4.69, 9.17) is 0 Å². The Morgan fingerprint density at radius 2 is 1.83 bits per heavy atom. The van der Waals surface area contributed by atoms with Crippen molar-refractivity contribution in [1.29, 1.82) is 0 Å². The largest absolute Gasteiger partial charge is 0.0839 e. The second kappa shape index (κ2) is 2.50. The topological polar surface area (TPSA) is 0 Å². The standard InChI is InChI=1S/C10H14Br2/c11-10(12)5-6-4-9(10)8-3-1-2-7(6)8/h6-9H,1-5H2. The van der Waals surface area contributed by atoms with Crippen molar-refractivity contribution in [2.45, 2.75) is 35.3 Å². The van der Waals surface area contributed by atoms with E-state index in [-0.39, 0.29) is 0 Å². The van der Waals surface area contributed by atoms with Gasteiger partial charge in [0.15, 0.2) is 0 Å². The third-order valence-corrected chi connectivity index (χ3v) is 6.20. The van der Waals surface area contributed by atoms with Crippen molar-refractivity contribution >= 4 is 31.9 Å². The first kappa shape index (κ1) is 8.28. The second-order valence-electron chi connectivity index (χ2n) is 4.83. The van der Waals surface area contributed by atoms with Gasteiger partial charge in [-0.15, -0.1) is 0 Å². The van der Waals surface area contributed by atoms with Gasteiger partial charge in [0.2, 0.25) is 0 Å². The molecule has 0 amide bonds. The van der Waals surface area contributed by atoms with E-state index in [1.165, 1.54) is 32.1 Å². The highest BCUT2D eigenvalue weighted by Crippen LogP contribution is 2.66. The van der Waals surface area contributed by atoms with E-state index in [2.05, 4.69) is 31.9 Å². The predicted molar refractivity (Wildman–Crippen MR) is 57.6 cm³/mol. The fourth-order valence-corrected chi connectivity index (χ4v) is 5.88. The molecule has 0 aromatic heterocycles. The van der Waals surface area contributed by atoms with Crippen molar-refractivity contribution in [2.24, 2.45) is 23.7 Å². The Balaban J connectivity index is 1.93. The van der Waals surface area contributed by atoms with Crippen LogP contribution in [0.3, 0.4) is 0 Å². The summed E-state index contributed by atoms with van der Waals surface area (Å²) >= 11 is 7.71. The van der Waals surface area contributed by atoms with Crippen LogP contribution in [-0.2, 0) is 0 Å². The van der Waals surface area contributed by atoms with E-state index in [0.29, 0.717) is 3.23 Å². The minimum Gasteiger partial charge on any atom is -0.0724 e. The zero-order valence-corrected chi connectivity index (χ0v) is 10.3. The Morgan fingerprint density at radius 1 is 1.08 bits per heavy atom. The summed E-state index contributed by atoms with van der Waals surface area (Å²) in [5.74, 6) is 4.15. The summed E-state index contributed by atoms with van der Waals surface area (Å²) in [7, 11) is 0. The summed E-state index contributed by atoms with van der Waals surface area (Å²) in [6.45, 7) is 0. The smallest absolute Gasteiger partial charge is 0.0724 e. The van der Waals surface area contributed by atoms with Crippen molar-refractivity contribution in [3.63, 3.8) is 0 Å². The lowest BCUT2D eigenvalue weighted by Gasteiger charge is -2.34. The molecule has 4 atom stereocenters. The Morgan fingerprint density at radius 3 is 2.67 bits per heavy atom. The van der Waals surface area contributed by atoms with Crippen molar-refractivity contribution in [1.82, 2.24) is 0 Å². The SMILES string of the molecule is BrC1(Br)CC2CC1C1CCCC21. The van der Waals surface area contributed by atoms with E-state index >= 15 is 0 Å². The van der Waals surface area contributed by atoms with Crippen molar-refractivity contribution in [3.8, 4) is 0 Å². The number of alkyl halides is 2. The molecule has 3 fully saturated rings. The van der Waals surface area contributed by atoms with Gasteiger partial charge in [0.25, 0.3) is 0 Å². The number of fused-ring (bicyclic) bond motifs is 5. The average Bonchev–Trinajstić information content (AvgIpc) is 2.53. The van der Waals surface area contributed by atoms with Crippen LogP contribution in [0.25, 0.3) is 0 Å². The lowest BCUT2D eigenvalue weighted by molar-refractivity contribution is 0.259. The first-order valence-corrected chi connectivity index (χ1v) is 6.65. The number of rotatable bonds is 0. The highest BCUT2D eigenvalue weighted by molar-refractivity contribution is 9.25. The van der Waals surface area contributed by atoms with Crippen LogP contribution in [0.5, 0.6) is 0 Å². The van der Waals surface area contributed by atoms with Crippen LogP contribution < -0.4 is 0 Å². The summed E-state index contributed by atoms with van der Waals surface area (Å²) in [5.41, 5.74) is 0. The summed E-state index contributed by atoms with van der Waals surface area (Å²) in [6, 6.07) is 0. The number of hydrogen-bond donors (Lipinski definition) is 0. The first-order chi connectivity index (χ1) is 5.68. The molecule has 0 spiro atoms. The van der Waals surface area contributed by atoms with Gasteiger partial charge in [-0.1, -0.05) is 38.3 Å². The van der Waals surface area contributed by atoms with Crippen LogP contribution in [0.15, 0.2) is 0 Å². The minimum atomic E-state index is 0.330. The van der Waals surface area contributed by atoms with E-state index in [1.54, 1.807) is 0 Å². The van der Waals surface area contributed by atoms with E-state index in [1.807, 2.05) is 0 Å². The Hall–Kier alpha value is 0.960. The van der Waals surface area contributed by atoms with Crippen LogP contribution in [-0.4, -0.2) is 3.23 Å². The van der Waals surface area contributed by atoms with Crippen LogP contribution in [0.2, 0.25) is 0 Å². The molecule has 0 N–H and O–H groups in total. The van der Waals surface area contributed by atoms with Gasteiger partial charge < -0.3 is 0 Å². The molecule has 3 saturated carbocycles. The highest BCUT2D eigenvalue weighted by Gasteiger charge is 2.58. The summed E-state index contributed by atoms with van der Waals surface area (Å²) in [6.07, 6.45) is 7.40. The summed E-state index contributed by atoms with van der Waals surface area (Å²) in [4.78, 5) is 0. The Kier molecular flexibility index (Phi) is 1.73. The zero-order chi connectivity index (χ0) is 8.34. The molecule has 68 valence electrons. The fourth-order valence-electron chi connectivity index (χ4n) is 4.00. The van der Waals surface area contributed by atoms with Gasteiger partial charge in [-0.25, -0.2) is 0 Å². The molecule has 0 heterocycles. The van der Waals surface area contributed by atoms with E-state index in [0.717, 1.165) is 23.7 Å². The Labute approximate surface area is 90.7 Å². The molecular weight excluding hydrogens is 280 g/mol.